The van der Waals surface area contributed by atoms with Crippen LogP contribution in [-0.2, 0) is 0 Å². The van der Waals surface area contributed by atoms with Gasteiger partial charge in [-0.15, -0.1) is 0 Å². The van der Waals surface area contributed by atoms with Crippen LogP contribution in [-0.4, -0.2) is 53.4 Å². The summed E-state index contributed by atoms with van der Waals surface area (Å²) in [4.78, 5) is 20.9. The molecule has 0 unspecified atom stereocenters. The molecular weight excluding hydrogens is 274 g/mol. The van der Waals surface area contributed by atoms with Gasteiger partial charge >= 0.3 is 0 Å². The van der Waals surface area contributed by atoms with Crippen molar-refractivity contribution >= 4 is 17.5 Å². The zero-order valence-electron chi connectivity index (χ0n) is 12.4. The van der Waals surface area contributed by atoms with Gasteiger partial charge < -0.3 is 4.90 Å². The minimum atomic E-state index is -0.00769. The van der Waals surface area contributed by atoms with E-state index in [9.17, 15) is 4.79 Å². The number of piperazine rings is 1. The lowest BCUT2D eigenvalue weighted by molar-refractivity contribution is 0.0623. The molecule has 0 aromatic carbocycles. The minimum absolute atomic E-state index is 0.00769. The molecule has 20 heavy (non-hydrogen) atoms. The number of amides is 1. The van der Waals surface area contributed by atoms with E-state index >= 15 is 0 Å². The van der Waals surface area contributed by atoms with Crippen LogP contribution in [0.4, 0.5) is 0 Å². The SMILES string of the molecule is Cc1cc(Cl)c(C(=O)N2CCN(CC(C)C)CC2)cn1. The van der Waals surface area contributed by atoms with Crippen molar-refractivity contribution in [2.24, 2.45) is 5.92 Å². The fraction of sp³-hybridized carbons (Fsp3) is 0.600. The van der Waals surface area contributed by atoms with Gasteiger partial charge in [0.1, 0.15) is 0 Å². The molecule has 1 aliphatic heterocycles. The molecule has 5 heteroatoms. The molecule has 0 aliphatic carbocycles. The number of carbonyl (C=O) groups is 1. The van der Waals surface area contributed by atoms with E-state index in [1.165, 1.54) is 0 Å². The Labute approximate surface area is 125 Å². The molecule has 2 heterocycles. The van der Waals surface area contributed by atoms with Crippen LogP contribution >= 0.6 is 11.6 Å². The van der Waals surface area contributed by atoms with Gasteiger partial charge in [0.05, 0.1) is 10.6 Å². The van der Waals surface area contributed by atoms with Gasteiger partial charge in [-0.25, -0.2) is 0 Å². The molecule has 1 fully saturated rings. The fourth-order valence-corrected chi connectivity index (χ4v) is 2.79. The van der Waals surface area contributed by atoms with Crippen molar-refractivity contribution in [1.82, 2.24) is 14.8 Å². The smallest absolute Gasteiger partial charge is 0.257 e. The van der Waals surface area contributed by atoms with Crippen molar-refractivity contribution in [3.8, 4) is 0 Å². The molecule has 0 bridgehead atoms. The number of carbonyl (C=O) groups excluding carboxylic acids is 1. The first-order valence-electron chi connectivity index (χ1n) is 7.11. The number of rotatable bonds is 3. The summed E-state index contributed by atoms with van der Waals surface area (Å²) < 4.78 is 0. The Bertz CT molecular complexity index is 482. The molecule has 1 aromatic heterocycles. The summed E-state index contributed by atoms with van der Waals surface area (Å²) in [6, 6.07) is 1.74. The second-order valence-corrected chi connectivity index (χ2v) is 6.20. The molecule has 1 aliphatic rings. The maximum atomic E-state index is 12.4. The number of hydrogen-bond donors (Lipinski definition) is 0. The highest BCUT2D eigenvalue weighted by molar-refractivity contribution is 6.33. The standard InChI is InChI=1S/C15H22ClN3O/c1-11(2)10-18-4-6-19(7-5-18)15(20)13-9-17-12(3)8-14(13)16/h8-9,11H,4-7,10H2,1-3H3. The van der Waals surface area contributed by atoms with Crippen molar-refractivity contribution < 1.29 is 4.79 Å². The molecule has 4 nitrogen and oxygen atoms in total. The summed E-state index contributed by atoms with van der Waals surface area (Å²) in [5.74, 6) is 0.652. The number of nitrogens with zero attached hydrogens (tertiary/aromatic N) is 3. The summed E-state index contributed by atoms with van der Waals surface area (Å²) in [5, 5.41) is 0.493. The first-order chi connectivity index (χ1) is 9.47. The lowest BCUT2D eigenvalue weighted by Gasteiger charge is -2.35. The van der Waals surface area contributed by atoms with E-state index < -0.39 is 0 Å². The molecule has 2 rings (SSSR count). The maximum absolute atomic E-state index is 12.4. The summed E-state index contributed by atoms with van der Waals surface area (Å²) >= 11 is 6.14. The average Bonchev–Trinajstić information content (AvgIpc) is 2.38. The van der Waals surface area contributed by atoms with E-state index in [-0.39, 0.29) is 5.91 Å². The van der Waals surface area contributed by atoms with Gasteiger partial charge in [0, 0.05) is 44.6 Å². The van der Waals surface area contributed by atoms with Crippen LogP contribution < -0.4 is 0 Å². The third kappa shape index (κ3) is 3.70. The van der Waals surface area contributed by atoms with Crippen LogP contribution in [0.15, 0.2) is 12.3 Å². The summed E-state index contributed by atoms with van der Waals surface area (Å²) in [5.41, 5.74) is 1.34. The van der Waals surface area contributed by atoms with Crippen LogP contribution in [0.3, 0.4) is 0 Å². The predicted molar refractivity (Wildman–Crippen MR) is 81.2 cm³/mol. The van der Waals surface area contributed by atoms with E-state index in [2.05, 4.69) is 23.7 Å². The van der Waals surface area contributed by atoms with Crippen molar-refractivity contribution in [3.05, 3.63) is 28.5 Å². The lowest BCUT2D eigenvalue weighted by atomic mass is 10.1. The van der Waals surface area contributed by atoms with Crippen molar-refractivity contribution in [2.45, 2.75) is 20.8 Å². The van der Waals surface area contributed by atoms with E-state index in [1.807, 2.05) is 11.8 Å². The van der Waals surface area contributed by atoms with E-state index in [4.69, 9.17) is 11.6 Å². The van der Waals surface area contributed by atoms with E-state index in [0.29, 0.717) is 16.5 Å². The number of aryl methyl sites for hydroxylation is 1. The third-order valence-electron chi connectivity index (χ3n) is 3.50. The minimum Gasteiger partial charge on any atom is -0.336 e. The topological polar surface area (TPSA) is 36.4 Å². The Morgan fingerprint density at radius 3 is 2.55 bits per heavy atom. The highest BCUT2D eigenvalue weighted by Crippen LogP contribution is 2.18. The lowest BCUT2D eigenvalue weighted by Crippen LogP contribution is -2.49. The first-order valence-corrected chi connectivity index (χ1v) is 7.49. The molecule has 0 atom stereocenters. The monoisotopic (exact) mass is 295 g/mol. The number of pyridine rings is 1. The predicted octanol–water partition coefficient (Wildman–Crippen LogP) is 2.46. The normalized spacial score (nSPS) is 16.8. The van der Waals surface area contributed by atoms with Gasteiger partial charge in [0.15, 0.2) is 0 Å². The zero-order valence-corrected chi connectivity index (χ0v) is 13.2. The van der Waals surface area contributed by atoms with E-state index in [0.717, 1.165) is 38.4 Å². The molecule has 0 saturated carbocycles. The summed E-state index contributed by atoms with van der Waals surface area (Å²) in [6.07, 6.45) is 1.58. The first kappa shape index (κ1) is 15.3. The molecule has 0 radical (unpaired) electrons. The number of aromatic nitrogens is 1. The molecule has 0 spiro atoms. The Morgan fingerprint density at radius 2 is 2.00 bits per heavy atom. The molecule has 1 saturated heterocycles. The molecule has 1 amide bonds. The van der Waals surface area contributed by atoms with Gasteiger partial charge in [-0.2, -0.15) is 0 Å². The Kier molecular flexibility index (Phi) is 5.00. The molecule has 1 aromatic rings. The highest BCUT2D eigenvalue weighted by Gasteiger charge is 2.24. The van der Waals surface area contributed by atoms with Crippen molar-refractivity contribution in [1.29, 1.82) is 0 Å². The second kappa shape index (κ2) is 6.55. The van der Waals surface area contributed by atoms with Gasteiger partial charge in [-0.05, 0) is 18.9 Å². The van der Waals surface area contributed by atoms with Gasteiger partial charge in [0.25, 0.3) is 5.91 Å². The van der Waals surface area contributed by atoms with Crippen LogP contribution in [0, 0.1) is 12.8 Å². The van der Waals surface area contributed by atoms with Crippen LogP contribution in [0.25, 0.3) is 0 Å². The maximum Gasteiger partial charge on any atom is 0.257 e. The zero-order chi connectivity index (χ0) is 14.7. The number of halogens is 1. The average molecular weight is 296 g/mol. The summed E-state index contributed by atoms with van der Waals surface area (Å²) in [6.45, 7) is 10.8. The van der Waals surface area contributed by atoms with E-state index in [1.54, 1.807) is 12.3 Å². The Morgan fingerprint density at radius 1 is 1.35 bits per heavy atom. The molecular formula is C15H22ClN3O. The second-order valence-electron chi connectivity index (χ2n) is 5.79. The van der Waals surface area contributed by atoms with Gasteiger partial charge in [0.2, 0.25) is 0 Å². The largest absolute Gasteiger partial charge is 0.336 e. The van der Waals surface area contributed by atoms with Gasteiger partial charge in [-0.3, -0.25) is 14.7 Å². The van der Waals surface area contributed by atoms with Gasteiger partial charge in [-0.1, -0.05) is 25.4 Å². The highest BCUT2D eigenvalue weighted by atomic mass is 35.5. The van der Waals surface area contributed by atoms with Crippen LogP contribution in [0.1, 0.15) is 29.9 Å². The van der Waals surface area contributed by atoms with Crippen molar-refractivity contribution in [2.75, 3.05) is 32.7 Å². The van der Waals surface area contributed by atoms with Crippen molar-refractivity contribution in [3.63, 3.8) is 0 Å². The Balaban J connectivity index is 1.98. The van der Waals surface area contributed by atoms with Crippen LogP contribution in [0.2, 0.25) is 5.02 Å². The fourth-order valence-electron chi connectivity index (χ4n) is 2.50. The third-order valence-corrected chi connectivity index (χ3v) is 3.82. The number of hydrogen-bond acceptors (Lipinski definition) is 3. The van der Waals surface area contributed by atoms with Crippen LogP contribution in [0.5, 0.6) is 0 Å². The molecule has 0 N–H and O–H groups in total. The summed E-state index contributed by atoms with van der Waals surface area (Å²) in [7, 11) is 0. The Hall–Kier alpha value is -1.13. The quantitative estimate of drug-likeness (QED) is 0.859. The molecule has 110 valence electrons.